The monoisotopic (exact) mass is 272 g/mol. The Morgan fingerprint density at radius 3 is 2.60 bits per heavy atom. The number of benzene rings is 1. The summed E-state index contributed by atoms with van der Waals surface area (Å²) in [5, 5.41) is 0. The Morgan fingerprint density at radius 1 is 1.30 bits per heavy atom. The van der Waals surface area contributed by atoms with Gasteiger partial charge in [0.1, 0.15) is 5.75 Å². The van der Waals surface area contributed by atoms with Crippen molar-refractivity contribution in [3.05, 3.63) is 51.8 Å². The summed E-state index contributed by atoms with van der Waals surface area (Å²) < 4.78 is 7.14. The molecule has 0 spiro atoms. The summed E-state index contributed by atoms with van der Waals surface area (Å²) in [6.07, 6.45) is 0. The zero-order valence-electron chi connectivity index (χ0n) is 12.1. The van der Waals surface area contributed by atoms with Gasteiger partial charge in [-0.2, -0.15) is 0 Å². The third kappa shape index (κ3) is 2.34. The standard InChI is InChI=1S/C16H20N2O2/c1-4-18-14(9-11(2)13(10-17)16(18)19)12-7-5-6-8-15(12)20-3/h5-9H,4,10,17H2,1-3H3. The first kappa shape index (κ1) is 14.3. The molecular formula is C16H20N2O2. The second-order valence-electron chi connectivity index (χ2n) is 4.64. The maximum atomic E-state index is 12.5. The molecule has 0 aliphatic rings. The van der Waals surface area contributed by atoms with Gasteiger partial charge in [-0.1, -0.05) is 12.1 Å². The van der Waals surface area contributed by atoms with Gasteiger partial charge in [0.2, 0.25) is 0 Å². The number of aryl methyl sites for hydroxylation is 1. The van der Waals surface area contributed by atoms with E-state index in [9.17, 15) is 4.79 Å². The Bertz CT molecular complexity index is 675. The molecule has 4 heteroatoms. The lowest BCUT2D eigenvalue weighted by atomic mass is 10.0. The summed E-state index contributed by atoms with van der Waals surface area (Å²) in [4.78, 5) is 12.5. The zero-order chi connectivity index (χ0) is 14.7. The van der Waals surface area contributed by atoms with E-state index in [1.54, 1.807) is 11.7 Å². The normalized spacial score (nSPS) is 10.6. The van der Waals surface area contributed by atoms with Gasteiger partial charge in [-0.15, -0.1) is 0 Å². The van der Waals surface area contributed by atoms with E-state index in [2.05, 4.69) is 0 Å². The molecule has 1 aromatic heterocycles. The predicted octanol–water partition coefficient (Wildman–Crippen LogP) is 2.31. The summed E-state index contributed by atoms with van der Waals surface area (Å²) in [7, 11) is 1.63. The van der Waals surface area contributed by atoms with Gasteiger partial charge in [0.25, 0.3) is 5.56 Å². The van der Waals surface area contributed by atoms with Crippen molar-refractivity contribution in [1.29, 1.82) is 0 Å². The molecule has 2 rings (SSSR count). The lowest BCUT2D eigenvalue weighted by Crippen LogP contribution is -2.27. The fourth-order valence-corrected chi connectivity index (χ4v) is 2.45. The Labute approximate surface area is 118 Å². The molecule has 0 fully saturated rings. The molecule has 20 heavy (non-hydrogen) atoms. The van der Waals surface area contributed by atoms with Crippen molar-refractivity contribution in [2.24, 2.45) is 5.73 Å². The molecule has 1 heterocycles. The van der Waals surface area contributed by atoms with E-state index in [4.69, 9.17) is 10.5 Å². The Balaban J connectivity index is 2.78. The SMILES string of the molecule is CCn1c(-c2ccccc2OC)cc(C)c(CN)c1=O. The number of methoxy groups -OCH3 is 1. The van der Waals surface area contributed by atoms with Crippen molar-refractivity contribution in [1.82, 2.24) is 4.57 Å². The Kier molecular flexibility index (Phi) is 4.25. The Morgan fingerprint density at radius 2 is 2.00 bits per heavy atom. The van der Waals surface area contributed by atoms with Gasteiger partial charge in [-0.3, -0.25) is 4.79 Å². The van der Waals surface area contributed by atoms with Gasteiger partial charge in [-0.25, -0.2) is 0 Å². The second kappa shape index (κ2) is 5.92. The lowest BCUT2D eigenvalue weighted by molar-refractivity contribution is 0.416. The molecule has 1 aromatic carbocycles. The van der Waals surface area contributed by atoms with E-state index in [0.29, 0.717) is 12.1 Å². The van der Waals surface area contributed by atoms with Crippen LogP contribution < -0.4 is 16.0 Å². The molecular weight excluding hydrogens is 252 g/mol. The molecule has 0 unspecified atom stereocenters. The maximum Gasteiger partial charge on any atom is 0.255 e. The third-order valence-electron chi connectivity index (χ3n) is 3.53. The van der Waals surface area contributed by atoms with Gasteiger partial charge in [-0.05, 0) is 37.6 Å². The molecule has 0 aliphatic heterocycles. The van der Waals surface area contributed by atoms with Crippen LogP contribution in [0.2, 0.25) is 0 Å². The van der Waals surface area contributed by atoms with Gasteiger partial charge < -0.3 is 15.0 Å². The first-order valence-electron chi connectivity index (χ1n) is 6.70. The van der Waals surface area contributed by atoms with Crippen molar-refractivity contribution >= 4 is 0 Å². The van der Waals surface area contributed by atoms with Gasteiger partial charge >= 0.3 is 0 Å². The number of rotatable bonds is 4. The molecule has 0 atom stereocenters. The van der Waals surface area contributed by atoms with Gasteiger partial charge in [0, 0.05) is 24.2 Å². The first-order chi connectivity index (χ1) is 9.63. The average molecular weight is 272 g/mol. The van der Waals surface area contributed by atoms with Gasteiger partial charge in [0.15, 0.2) is 0 Å². The number of aromatic nitrogens is 1. The van der Waals surface area contributed by atoms with Crippen LogP contribution in [0.15, 0.2) is 35.1 Å². The molecule has 0 radical (unpaired) electrons. The number of nitrogens with two attached hydrogens (primary N) is 1. The van der Waals surface area contributed by atoms with Crippen LogP contribution in [-0.2, 0) is 13.1 Å². The van der Waals surface area contributed by atoms with Crippen molar-refractivity contribution < 1.29 is 4.74 Å². The van der Waals surface area contributed by atoms with Crippen molar-refractivity contribution in [3.8, 4) is 17.0 Å². The van der Waals surface area contributed by atoms with Crippen LogP contribution in [0.5, 0.6) is 5.75 Å². The van der Waals surface area contributed by atoms with Crippen molar-refractivity contribution in [3.63, 3.8) is 0 Å². The maximum absolute atomic E-state index is 12.5. The largest absolute Gasteiger partial charge is 0.496 e. The number of ether oxygens (including phenoxy) is 1. The molecule has 4 nitrogen and oxygen atoms in total. The average Bonchev–Trinajstić information content (AvgIpc) is 2.47. The van der Waals surface area contributed by atoms with Crippen molar-refractivity contribution in [2.45, 2.75) is 26.9 Å². The van der Waals surface area contributed by atoms with E-state index >= 15 is 0 Å². The van der Waals surface area contributed by atoms with Crippen molar-refractivity contribution in [2.75, 3.05) is 7.11 Å². The van der Waals surface area contributed by atoms with Crippen LogP contribution in [0.25, 0.3) is 11.3 Å². The summed E-state index contributed by atoms with van der Waals surface area (Å²) in [6.45, 7) is 4.73. The van der Waals surface area contributed by atoms with E-state index < -0.39 is 0 Å². The summed E-state index contributed by atoms with van der Waals surface area (Å²) >= 11 is 0. The second-order valence-corrected chi connectivity index (χ2v) is 4.64. The first-order valence-corrected chi connectivity index (χ1v) is 6.70. The summed E-state index contributed by atoms with van der Waals surface area (Å²) in [5.41, 5.74) is 9.04. The molecule has 0 aliphatic carbocycles. The topological polar surface area (TPSA) is 57.2 Å². The Hall–Kier alpha value is -2.07. The van der Waals surface area contributed by atoms with E-state index in [0.717, 1.165) is 22.6 Å². The predicted molar refractivity (Wildman–Crippen MR) is 81.0 cm³/mol. The highest BCUT2D eigenvalue weighted by molar-refractivity contribution is 5.68. The minimum absolute atomic E-state index is 0.0177. The number of para-hydroxylation sites is 1. The quantitative estimate of drug-likeness (QED) is 0.929. The molecule has 106 valence electrons. The van der Waals surface area contributed by atoms with Gasteiger partial charge in [0.05, 0.1) is 12.8 Å². The zero-order valence-corrected chi connectivity index (χ0v) is 12.1. The number of nitrogens with zero attached hydrogens (tertiary/aromatic N) is 1. The van der Waals surface area contributed by atoms with Crippen LogP contribution in [0.4, 0.5) is 0 Å². The van der Waals surface area contributed by atoms with Crippen LogP contribution in [-0.4, -0.2) is 11.7 Å². The summed E-state index contributed by atoms with van der Waals surface area (Å²) in [5.74, 6) is 0.758. The fraction of sp³-hybridized carbons (Fsp3) is 0.312. The minimum atomic E-state index is -0.0177. The third-order valence-corrected chi connectivity index (χ3v) is 3.53. The van der Waals surface area contributed by atoms with Crippen LogP contribution >= 0.6 is 0 Å². The van der Waals surface area contributed by atoms with E-state index in [1.165, 1.54) is 0 Å². The minimum Gasteiger partial charge on any atom is -0.496 e. The fourth-order valence-electron chi connectivity index (χ4n) is 2.45. The smallest absolute Gasteiger partial charge is 0.255 e. The molecule has 0 amide bonds. The summed E-state index contributed by atoms with van der Waals surface area (Å²) in [6, 6.07) is 9.71. The molecule has 2 N–H and O–H groups in total. The van der Waals surface area contributed by atoms with Crippen LogP contribution in [0.1, 0.15) is 18.1 Å². The molecule has 0 saturated carbocycles. The highest BCUT2D eigenvalue weighted by atomic mass is 16.5. The molecule has 0 saturated heterocycles. The van der Waals surface area contributed by atoms with E-state index in [-0.39, 0.29) is 12.1 Å². The highest BCUT2D eigenvalue weighted by Crippen LogP contribution is 2.29. The highest BCUT2D eigenvalue weighted by Gasteiger charge is 2.14. The molecule has 2 aromatic rings. The van der Waals surface area contributed by atoms with Crippen LogP contribution in [0.3, 0.4) is 0 Å². The molecule has 0 bridgehead atoms. The number of hydrogen-bond donors (Lipinski definition) is 1. The lowest BCUT2D eigenvalue weighted by Gasteiger charge is -2.17. The number of hydrogen-bond acceptors (Lipinski definition) is 3. The number of pyridine rings is 1. The van der Waals surface area contributed by atoms with E-state index in [1.807, 2.05) is 44.2 Å². The van der Waals surface area contributed by atoms with Crippen LogP contribution in [0, 0.1) is 6.92 Å².